The Hall–Kier alpha value is -7.16. The smallest absolute Gasteiger partial charge is 0.0727 e. The van der Waals surface area contributed by atoms with Gasteiger partial charge in [0.25, 0.3) is 0 Å². The monoisotopic (exact) mass is 700 g/mol. The summed E-state index contributed by atoms with van der Waals surface area (Å²) in [6.45, 7) is 0. The maximum Gasteiger partial charge on any atom is 0.0727 e. The van der Waals surface area contributed by atoms with E-state index in [2.05, 4.69) is 228 Å². The van der Waals surface area contributed by atoms with Gasteiger partial charge < -0.3 is 9.80 Å². The molecular formula is C53H36N2. The first kappa shape index (κ1) is 31.4. The Balaban J connectivity index is 1.20. The van der Waals surface area contributed by atoms with Crippen molar-refractivity contribution in [3.05, 3.63) is 241 Å². The molecule has 2 nitrogen and oxygen atoms in total. The van der Waals surface area contributed by atoms with Crippen molar-refractivity contribution in [2.45, 2.75) is 5.41 Å². The minimum atomic E-state index is -0.519. The summed E-state index contributed by atoms with van der Waals surface area (Å²) in [5, 5.41) is 2.45. The molecule has 2 heteroatoms. The van der Waals surface area contributed by atoms with E-state index in [1.165, 1.54) is 61.0 Å². The molecule has 0 aliphatic heterocycles. The van der Waals surface area contributed by atoms with Gasteiger partial charge in [0.15, 0.2) is 0 Å². The van der Waals surface area contributed by atoms with Gasteiger partial charge in [-0.25, -0.2) is 0 Å². The fourth-order valence-corrected chi connectivity index (χ4v) is 9.40. The van der Waals surface area contributed by atoms with Crippen LogP contribution in [-0.4, -0.2) is 0 Å². The summed E-state index contributed by atoms with van der Waals surface area (Å²) in [5.41, 5.74) is 16.7. The van der Waals surface area contributed by atoms with E-state index in [1.54, 1.807) is 0 Å². The van der Waals surface area contributed by atoms with E-state index in [-0.39, 0.29) is 0 Å². The molecule has 0 saturated carbocycles. The zero-order valence-corrected chi connectivity index (χ0v) is 30.2. The summed E-state index contributed by atoms with van der Waals surface area (Å²) in [5.74, 6) is 0. The number of para-hydroxylation sites is 3. The van der Waals surface area contributed by atoms with E-state index in [0.717, 1.165) is 28.4 Å². The molecule has 11 rings (SSSR count). The number of hydrogen-bond donors (Lipinski definition) is 0. The lowest BCUT2D eigenvalue weighted by molar-refractivity contribution is 0.793. The van der Waals surface area contributed by atoms with Gasteiger partial charge in [0.05, 0.1) is 11.1 Å². The number of hydrogen-bond acceptors (Lipinski definition) is 2. The lowest BCUT2D eigenvalue weighted by Crippen LogP contribution is -2.26. The number of benzene rings is 9. The third-order valence-electron chi connectivity index (χ3n) is 11.6. The van der Waals surface area contributed by atoms with Gasteiger partial charge in [-0.2, -0.15) is 0 Å². The molecule has 0 heterocycles. The van der Waals surface area contributed by atoms with Crippen LogP contribution in [0.1, 0.15) is 22.3 Å². The maximum absolute atomic E-state index is 2.47. The van der Waals surface area contributed by atoms with Gasteiger partial charge >= 0.3 is 0 Å². The second-order valence-electron chi connectivity index (χ2n) is 14.5. The molecule has 2 aliphatic rings. The van der Waals surface area contributed by atoms with Gasteiger partial charge in [0.2, 0.25) is 0 Å². The van der Waals surface area contributed by atoms with Crippen LogP contribution in [0.4, 0.5) is 34.1 Å². The predicted molar refractivity (Wildman–Crippen MR) is 230 cm³/mol. The molecule has 1 spiro atoms. The van der Waals surface area contributed by atoms with Crippen molar-refractivity contribution in [3.63, 3.8) is 0 Å². The Labute approximate surface area is 321 Å². The highest BCUT2D eigenvalue weighted by Crippen LogP contribution is 2.65. The van der Waals surface area contributed by atoms with E-state index in [4.69, 9.17) is 0 Å². The standard InChI is InChI=1S/C53H36N2/c1-4-19-39(20-5-1)54(42-32-31-37-17-10-11-18-38(37)35-42)43-33-34-45-44-25-12-14-27-47(44)53(50(45)36-43)48-28-15-13-26-46(48)52-49(53)29-16-30-51(52)55(40-21-6-2-7-22-40)41-23-8-3-9-24-41/h1-36H. The second-order valence-corrected chi connectivity index (χ2v) is 14.5. The van der Waals surface area contributed by atoms with Crippen LogP contribution >= 0.6 is 0 Å². The van der Waals surface area contributed by atoms with Crippen molar-refractivity contribution in [1.82, 2.24) is 0 Å². The SMILES string of the molecule is c1ccc(N(c2ccc3c(c2)C2(c4ccccc4-3)c3ccccc3-c3c(N(c4ccccc4)c4ccccc4)cccc32)c2ccc3ccccc3c2)cc1. The lowest BCUT2D eigenvalue weighted by Gasteiger charge is -2.33. The van der Waals surface area contributed by atoms with Crippen LogP contribution in [-0.2, 0) is 5.41 Å². The van der Waals surface area contributed by atoms with Crippen molar-refractivity contribution >= 4 is 44.9 Å². The van der Waals surface area contributed by atoms with Crippen LogP contribution in [0.5, 0.6) is 0 Å². The van der Waals surface area contributed by atoms with E-state index >= 15 is 0 Å². The summed E-state index contributed by atoms with van der Waals surface area (Å²) in [6, 6.07) is 80.0. The molecule has 9 aromatic carbocycles. The van der Waals surface area contributed by atoms with Gasteiger partial charge in [-0.05, 0) is 116 Å². The Morgan fingerprint density at radius 2 is 0.764 bits per heavy atom. The highest BCUT2D eigenvalue weighted by Gasteiger charge is 2.52. The van der Waals surface area contributed by atoms with Crippen LogP contribution in [0.25, 0.3) is 33.0 Å². The lowest BCUT2D eigenvalue weighted by atomic mass is 9.70. The third-order valence-corrected chi connectivity index (χ3v) is 11.6. The fraction of sp³-hybridized carbons (Fsp3) is 0.0189. The molecule has 258 valence electrons. The highest BCUT2D eigenvalue weighted by molar-refractivity contribution is 6.02. The predicted octanol–water partition coefficient (Wildman–Crippen LogP) is 14.1. The zero-order valence-electron chi connectivity index (χ0n) is 30.2. The molecule has 1 unspecified atom stereocenters. The molecule has 2 aliphatic carbocycles. The van der Waals surface area contributed by atoms with Gasteiger partial charge in [-0.15, -0.1) is 0 Å². The summed E-state index contributed by atoms with van der Waals surface area (Å²) in [7, 11) is 0. The zero-order chi connectivity index (χ0) is 36.3. The minimum Gasteiger partial charge on any atom is -0.310 e. The largest absolute Gasteiger partial charge is 0.310 e. The summed E-state index contributed by atoms with van der Waals surface area (Å²) in [6.07, 6.45) is 0. The molecular weight excluding hydrogens is 665 g/mol. The van der Waals surface area contributed by atoms with Crippen LogP contribution in [0.2, 0.25) is 0 Å². The number of anilines is 6. The Morgan fingerprint density at radius 3 is 1.45 bits per heavy atom. The molecule has 55 heavy (non-hydrogen) atoms. The first-order valence-electron chi connectivity index (χ1n) is 19.0. The first-order valence-corrected chi connectivity index (χ1v) is 19.0. The van der Waals surface area contributed by atoms with Crippen molar-refractivity contribution in [2.24, 2.45) is 0 Å². The topological polar surface area (TPSA) is 6.48 Å². The quantitative estimate of drug-likeness (QED) is 0.170. The van der Waals surface area contributed by atoms with E-state index in [0.29, 0.717) is 0 Å². The molecule has 9 aromatic rings. The van der Waals surface area contributed by atoms with Gasteiger partial charge in [-0.1, -0.05) is 152 Å². The summed E-state index contributed by atoms with van der Waals surface area (Å²) in [4.78, 5) is 4.83. The van der Waals surface area contributed by atoms with Crippen molar-refractivity contribution < 1.29 is 0 Å². The van der Waals surface area contributed by atoms with Gasteiger partial charge in [0, 0.05) is 34.0 Å². The molecule has 0 radical (unpaired) electrons. The Bertz CT molecular complexity index is 2840. The first-order chi connectivity index (χ1) is 27.3. The number of nitrogens with zero attached hydrogens (tertiary/aromatic N) is 2. The van der Waals surface area contributed by atoms with Crippen LogP contribution in [0, 0.1) is 0 Å². The molecule has 0 N–H and O–H groups in total. The number of rotatable bonds is 6. The van der Waals surface area contributed by atoms with Crippen molar-refractivity contribution in [1.29, 1.82) is 0 Å². The van der Waals surface area contributed by atoms with Crippen molar-refractivity contribution in [2.75, 3.05) is 9.80 Å². The maximum atomic E-state index is 2.47. The minimum absolute atomic E-state index is 0.519. The van der Waals surface area contributed by atoms with E-state index in [9.17, 15) is 0 Å². The van der Waals surface area contributed by atoms with Crippen molar-refractivity contribution in [3.8, 4) is 22.3 Å². The highest BCUT2D eigenvalue weighted by atomic mass is 15.1. The third kappa shape index (κ3) is 4.68. The van der Waals surface area contributed by atoms with Crippen LogP contribution in [0.3, 0.4) is 0 Å². The Kier molecular flexibility index (Phi) is 7.11. The van der Waals surface area contributed by atoms with E-state index < -0.39 is 5.41 Å². The fourth-order valence-electron chi connectivity index (χ4n) is 9.40. The van der Waals surface area contributed by atoms with Gasteiger partial charge in [-0.3, -0.25) is 0 Å². The summed E-state index contributed by atoms with van der Waals surface area (Å²) < 4.78 is 0. The average molecular weight is 701 g/mol. The van der Waals surface area contributed by atoms with E-state index in [1.807, 2.05) is 0 Å². The summed E-state index contributed by atoms with van der Waals surface area (Å²) >= 11 is 0. The molecule has 0 amide bonds. The average Bonchev–Trinajstić information content (AvgIpc) is 3.73. The van der Waals surface area contributed by atoms with Gasteiger partial charge in [0.1, 0.15) is 0 Å². The molecule has 0 fully saturated rings. The second kappa shape index (κ2) is 12.5. The molecule has 0 aromatic heterocycles. The normalized spacial score (nSPS) is 14.6. The van der Waals surface area contributed by atoms with Crippen LogP contribution in [0.15, 0.2) is 218 Å². The number of fused-ring (bicyclic) bond motifs is 11. The Morgan fingerprint density at radius 1 is 0.273 bits per heavy atom. The molecule has 0 saturated heterocycles. The van der Waals surface area contributed by atoms with Crippen LogP contribution < -0.4 is 9.80 Å². The molecule has 0 bridgehead atoms. The molecule has 1 atom stereocenters.